The van der Waals surface area contributed by atoms with Crippen molar-refractivity contribution in [3.05, 3.63) is 77.0 Å². The minimum atomic E-state index is -0.557. The summed E-state index contributed by atoms with van der Waals surface area (Å²) >= 11 is 0. The quantitative estimate of drug-likeness (QED) is 0.399. The first-order valence-electron chi connectivity index (χ1n) is 9.41. The van der Waals surface area contributed by atoms with E-state index in [9.17, 15) is 14.9 Å². The van der Waals surface area contributed by atoms with Gasteiger partial charge in [-0.3, -0.25) is 10.1 Å². The molecule has 30 heavy (non-hydrogen) atoms. The molecule has 0 saturated carbocycles. The van der Waals surface area contributed by atoms with Crippen molar-refractivity contribution in [3.8, 4) is 17.6 Å². The fraction of sp³-hybridized carbons (Fsp3) is 0.174. The third kappa shape index (κ3) is 4.67. The minimum absolute atomic E-state index is 0.156. The van der Waals surface area contributed by atoms with Crippen LogP contribution in [0, 0.1) is 11.3 Å². The predicted octanol–water partition coefficient (Wildman–Crippen LogP) is 3.44. The van der Waals surface area contributed by atoms with Crippen LogP contribution in [0.3, 0.4) is 0 Å². The number of allylic oxidation sites excluding steroid dienone is 1. The molecule has 152 valence electrons. The van der Waals surface area contributed by atoms with Crippen molar-refractivity contribution < 1.29 is 19.1 Å². The van der Waals surface area contributed by atoms with Crippen LogP contribution >= 0.6 is 0 Å². The van der Waals surface area contributed by atoms with Gasteiger partial charge in [0.2, 0.25) is 0 Å². The third-order valence-electron chi connectivity index (χ3n) is 4.36. The molecule has 1 heterocycles. The molecule has 1 aliphatic heterocycles. The second-order valence-electron chi connectivity index (χ2n) is 6.46. The topological polar surface area (TPSA) is 100 Å². The van der Waals surface area contributed by atoms with E-state index in [4.69, 9.17) is 9.47 Å². The second kappa shape index (κ2) is 9.43. The lowest BCUT2D eigenvalue weighted by atomic mass is 10.0. The van der Waals surface area contributed by atoms with Crippen molar-refractivity contribution >= 4 is 18.0 Å². The van der Waals surface area contributed by atoms with E-state index in [0.29, 0.717) is 35.7 Å². The van der Waals surface area contributed by atoms with Crippen LogP contribution in [0.1, 0.15) is 29.2 Å². The Balaban J connectivity index is 1.98. The summed E-state index contributed by atoms with van der Waals surface area (Å²) in [7, 11) is 0. The summed E-state index contributed by atoms with van der Waals surface area (Å²) in [5.74, 6) is 0.561. The van der Waals surface area contributed by atoms with Crippen molar-refractivity contribution in [2.45, 2.75) is 20.0 Å². The van der Waals surface area contributed by atoms with E-state index in [2.05, 4.69) is 23.3 Å². The maximum Gasteiger partial charge on any atom is 0.326 e. The smallest absolute Gasteiger partial charge is 0.326 e. The summed E-state index contributed by atoms with van der Waals surface area (Å²) in [6.07, 6.45) is 3.82. The van der Waals surface area contributed by atoms with Crippen LogP contribution in [0.15, 0.2) is 54.8 Å². The average molecular weight is 403 g/mol. The first kappa shape index (κ1) is 20.7. The molecule has 2 N–H and O–H groups in total. The molecule has 0 spiro atoms. The summed E-state index contributed by atoms with van der Waals surface area (Å²) < 4.78 is 11.9. The number of ether oxygens (including phenoxy) is 2. The van der Waals surface area contributed by atoms with E-state index >= 15 is 0 Å². The molecule has 1 fully saturated rings. The first-order chi connectivity index (χ1) is 14.5. The lowest BCUT2D eigenvalue weighted by Gasteiger charge is -2.17. The molecule has 0 aliphatic carbocycles. The molecule has 2 aromatic carbocycles. The van der Waals surface area contributed by atoms with Crippen molar-refractivity contribution in [1.82, 2.24) is 10.6 Å². The highest BCUT2D eigenvalue weighted by molar-refractivity contribution is 6.14. The number of amides is 3. The van der Waals surface area contributed by atoms with E-state index in [0.717, 1.165) is 11.1 Å². The molecular formula is C23H21N3O4. The second-order valence-corrected chi connectivity index (χ2v) is 6.46. The van der Waals surface area contributed by atoms with E-state index in [1.54, 1.807) is 30.4 Å². The van der Waals surface area contributed by atoms with Gasteiger partial charge in [-0.05, 0) is 43.2 Å². The van der Waals surface area contributed by atoms with Gasteiger partial charge in [0.25, 0.3) is 5.91 Å². The number of nitrogens with zero attached hydrogens (tertiary/aromatic N) is 1. The number of hydrogen-bond donors (Lipinski definition) is 2. The largest absolute Gasteiger partial charge is 0.490 e. The Morgan fingerprint density at radius 2 is 1.93 bits per heavy atom. The van der Waals surface area contributed by atoms with E-state index in [1.165, 1.54) is 0 Å². The zero-order chi connectivity index (χ0) is 21.5. The highest BCUT2D eigenvalue weighted by Crippen LogP contribution is 2.35. The maximum absolute atomic E-state index is 11.8. The van der Waals surface area contributed by atoms with Crippen LogP contribution in [-0.4, -0.2) is 18.5 Å². The maximum atomic E-state index is 11.8. The van der Waals surface area contributed by atoms with Gasteiger partial charge in [-0.2, -0.15) is 5.26 Å². The van der Waals surface area contributed by atoms with Gasteiger partial charge in [-0.15, -0.1) is 6.58 Å². The fourth-order valence-electron chi connectivity index (χ4n) is 3.05. The number of urea groups is 1. The van der Waals surface area contributed by atoms with Crippen molar-refractivity contribution in [1.29, 1.82) is 5.26 Å². The summed E-state index contributed by atoms with van der Waals surface area (Å²) in [6, 6.07) is 12.4. The van der Waals surface area contributed by atoms with E-state index in [-0.39, 0.29) is 12.3 Å². The number of hydrogen-bond acceptors (Lipinski definition) is 5. The number of imide groups is 1. The lowest BCUT2D eigenvalue weighted by Crippen LogP contribution is -2.22. The molecule has 1 saturated heterocycles. The Morgan fingerprint density at radius 3 is 2.60 bits per heavy atom. The highest BCUT2D eigenvalue weighted by atomic mass is 16.5. The molecular weight excluding hydrogens is 382 g/mol. The van der Waals surface area contributed by atoms with Gasteiger partial charge in [0.15, 0.2) is 11.5 Å². The Hall–Kier alpha value is -4.05. The number of rotatable bonds is 8. The molecule has 3 amide bonds. The van der Waals surface area contributed by atoms with E-state index < -0.39 is 11.9 Å². The van der Waals surface area contributed by atoms with Gasteiger partial charge < -0.3 is 14.8 Å². The van der Waals surface area contributed by atoms with Crippen LogP contribution in [0.4, 0.5) is 4.79 Å². The number of carbonyl (C=O) groups is 2. The standard InChI is InChI=1S/C23H21N3O4/c1-3-7-16-10-15(11-19-22(27)26-23(28)25-19)12-20(29-4-2)21(16)30-14-18-9-6-5-8-17(18)13-24/h3,5-6,8-12H,1,4,7,14H2,2H3,(H2,25,26,27,28). The zero-order valence-electron chi connectivity index (χ0n) is 16.5. The van der Waals surface area contributed by atoms with Crippen LogP contribution in [0.2, 0.25) is 0 Å². The number of benzene rings is 2. The van der Waals surface area contributed by atoms with Crippen LogP contribution in [0.5, 0.6) is 11.5 Å². The monoisotopic (exact) mass is 403 g/mol. The molecule has 0 aromatic heterocycles. The Bertz CT molecular complexity index is 1070. The molecule has 0 bridgehead atoms. The molecule has 7 nitrogen and oxygen atoms in total. The molecule has 0 radical (unpaired) electrons. The van der Waals surface area contributed by atoms with Gasteiger partial charge in [0, 0.05) is 11.1 Å². The Kier molecular flexibility index (Phi) is 6.50. The summed E-state index contributed by atoms with van der Waals surface area (Å²) in [5, 5.41) is 13.9. The first-order valence-corrected chi connectivity index (χ1v) is 9.41. The normalized spacial score (nSPS) is 14.1. The molecule has 3 rings (SSSR count). The van der Waals surface area contributed by atoms with Gasteiger partial charge >= 0.3 is 6.03 Å². The van der Waals surface area contributed by atoms with Crippen LogP contribution in [0.25, 0.3) is 6.08 Å². The van der Waals surface area contributed by atoms with Gasteiger partial charge in [-0.25, -0.2) is 4.79 Å². The summed E-state index contributed by atoms with van der Waals surface area (Å²) in [5.41, 5.74) is 2.95. The zero-order valence-corrected chi connectivity index (χ0v) is 16.5. The van der Waals surface area contributed by atoms with Gasteiger partial charge in [0.1, 0.15) is 12.3 Å². The van der Waals surface area contributed by atoms with Crippen molar-refractivity contribution in [2.75, 3.05) is 6.61 Å². The SMILES string of the molecule is C=CCc1cc(C=C2NC(=O)NC2=O)cc(OCC)c1OCc1ccccc1C#N. The third-order valence-corrected chi connectivity index (χ3v) is 4.36. The van der Waals surface area contributed by atoms with Crippen molar-refractivity contribution in [3.63, 3.8) is 0 Å². The van der Waals surface area contributed by atoms with Crippen molar-refractivity contribution in [2.24, 2.45) is 0 Å². The summed E-state index contributed by atoms with van der Waals surface area (Å²) in [6.45, 7) is 6.27. The van der Waals surface area contributed by atoms with Crippen LogP contribution in [-0.2, 0) is 17.8 Å². The molecule has 2 aromatic rings. The average Bonchev–Trinajstić information content (AvgIpc) is 3.04. The molecule has 7 heteroatoms. The highest BCUT2D eigenvalue weighted by Gasteiger charge is 2.23. The number of nitriles is 1. The molecule has 1 aliphatic rings. The molecule has 0 unspecified atom stereocenters. The molecule has 0 atom stereocenters. The lowest BCUT2D eigenvalue weighted by molar-refractivity contribution is -0.115. The summed E-state index contributed by atoms with van der Waals surface area (Å²) in [4.78, 5) is 23.2. The number of nitrogens with one attached hydrogen (secondary N) is 2. The predicted molar refractivity (Wildman–Crippen MR) is 112 cm³/mol. The van der Waals surface area contributed by atoms with E-state index in [1.807, 2.05) is 25.1 Å². The fourth-order valence-corrected chi connectivity index (χ4v) is 3.05. The van der Waals surface area contributed by atoms with Gasteiger partial charge in [0.05, 0.1) is 18.2 Å². The van der Waals surface area contributed by atoms with Gasteiger partial charge in [-0.1, -0.05) is 24.3 Å². The number of carbonyl (C=O) groups excluding carboxylic acids is 2. The van der Waals surface area contributed by atoms with Crippen LogP contribution < -0.4 is 20.1 Å². The Morgan fingerprint density at radius 1 is 1.13 bits per heavy atom. The Labute approximate surface area is 174 Å². The minimum Gasteiger partial charge on any atom is -0.490 e.